The van der Waals surface area contributed by atoms with E-state index in [1.165, 1.54) is 0 Å². The van der Waals surface area contributed by atoms with Crippen LogP contribution in [-0.4, -0.2) is 11.3 Å². The van der Waals surface area contributed by atoms with E-state index in [9.17, 15) is 13.8 Å². The third kappa shape index (κ3) is 1.63. The predicted octanol–water partition coefficient (Wildman–Crippen LogP) is 0.604. The molecule has 0 heterocycles. The minimum absolute atomic E-state index is 0.778. The van der Waals surface area contributed by atoms with E-state index in [0.717, 1.165) is 6.92 Å². The molecule has 0 saturated carbocycles. The quantitative estimate of drug-likeness (QED) is 0.403. The summed E-state index contributed by atoms with van der Waals surface area (Å²) in [5, 5.41) is -1.47. The molecule has 0 aliphatic carbocycles. The van der Waals surface area contributed by atoms with Crippen molar-refractivity contribution in [2.45, 2.75) is 6.92 Å². The van der Waals surface area contributed by atoms with Crippen molar-refractivity contribution in [1.29, 1.82) is 0 Å². The molecule has 0 aliphatic rings. The zero-order valence-corrected chi connectivity index (χ0v) is 3.11. The van der Waals surface area contributed by atoms with Crippen LogP contribution in [0.15, 0.2) is 0 Å². The third-order valence-corrected chi connectivity index (χ3v) is 0.238. The Balaban J connectivity index is 3.26. The van der Waals surface area contributed by atoms with E-state index >= 15 is 0 Å². The van der Waals surface area contributed by atoms with Gasteiger partial charge in [0.1, 0.15) is 0 Å². The molecule has 6 heavy (non-hydrogen) atoms. The highest BCUT2D eigenvalue weighted by Crippen LogP contribution is 1.85. The highest BCUT2D eigenvalue weighted by atomic mass is 19.4. The Morgan fingerprint density at radius 2 is 1.83 bits per heavy atom. The first kappa shape index (κ1) is 5.33. The number of amides is 1. The van der Waals surface area contributed by atoms with Crippen molar-refractivity contribution in [3.8, 4) is 0 Å². The third-order valence-electron chi connectivity index (χ3n) is 0.238. The summed E-state index contributed by atoms with van der Waals surface area (Å²) in [6, 6.07) is 0. The average molecular weight is 95.0 g/mol. The molecule has 2 nitrogen and oxygen atoms in total. The number of halogens is 2. The maximum atomic E-state index is 10.6. The van der Waals surface area contributed by atoms with Gasteiger partial charge in [0.2, 0.25) is 0 Å². The van der Waals surface area contributed by atoms with Crippen molar-refractivity contribution in [2.75, 3.05) is 0 Å². The van der Waals surface area contributed by atoms with E-state index in [4.69, 9.17) is 0 Å². The van der Waals surface area contributed by atoms with Crippen molar-refractivity contribution < 1.29 is 13.8 Å². The van der Waals surface area contributed by atoms with Crippen LogP contribution in [0.3, 0.4) is 0 Å². The monoisotopic (exact) mass is 95.0 g/mol. The molecule has 0 aromatic rings. The van der Waals surface area contributed by atoms with Crippen molar-refractivity contribution >= 4 is 5.91 Å². The minimum atomic E-state index is -1.47. The molecule has 0 radical (unpaired) electrons. The summed E-state index contributed by atoms with van der Waals surface area (Å²) in [5.41, 5.74) is 0. The van der Waals surface area contributed by atoms with E-state index in [1.54, 1.807) is 0 Å². The summed E-state index contributed by atoms with van der Waals surface area (Å²) < 4.78 is 21.3. The van der Waals surface area contributed by atoms with Crippen LogP contribution in [0, 0.1) is 0 Å². The second kappa shape index (κ2) is 1.69. The van der Waals surface area contributed by atoms with Gasteiger partial charge in [-0.1, -0.05) is 8.96 Å². The Labute approximate surface area is 33.2 Å². The Kier molecular flexibility index (Phi) is 1.50. The summed E-state index contributed by atoms with van der Waals surface area (Å²) >= 11 is 0. The molecule has 0 spiro atoms. The summed E-state index contributed by atoms with van der Waals surface area (Å²) in [4.78, 5) is 9.32. The van der Waals surface area contributed by atoms with Crippen LogP contribution in [0.2, 0.25) is 0 Å². The number of nitrogens with zero attached hydrogens (tertiary/aromatic N) is 1. The van der Waals surface area contributed by atoms with Gasteiger partial charge in [-0.2, -0.15) is 0 Å². The van der Waals surface area contributed by atoms with E-state index < -0.39 is 11.3 Å². The Bertz CT molecular complexity index is 62.6. The smallest absolute Gasteiger partial charge is 0.270 e. The number of rotatable bonds is 0. The number of hydrogen-bond acceptors (Lipinski definition) is 1. The summed E-state index contributed by atoms with van der Waals surface area (Å²) in [7, 11) is 0. The van der Waals surface area contributed by atoms with E-state index in [2.05, 4.69) is 0 Å². The van der Waals surface area contributed by atoms with Gasteiger partial charge in [-0.3, -0.25) is 4.79 Å². The highest BCUT2D eigenvalue weighted by molar-refractivity contribution is 5.70. The molecular weight excluding hydrogens is 92.0 g/mol. The second-order valence-corrected chi connectivity index (χ2v) is 0.752. The first-order valence-corrected chi connectivity index (χ1v) is 1.27. The van der Waals surface area contributed by atoms with Crippen LogP contribution in [0.1, 0.15) is 6.92 Å². The highest BCUT2D eigenvalue weighted by Gasteiger charge is 1.99. The van der Waals surface area contributed by atoms with Crippen LogP contribution >= 0.6 is 0 Å². The van der Waals surface area contributed by atoms with E-state index in [1.807, 2.05) is 0 Å². The van der Waals surface area contributed by atoms with Gasteiger partial charge in [0.25, 0.3) is 5.91 Å². The lowest BCUT2D eigenvalue weighted by molar-refractivity contribution is -0.184. The normalized spacial score (nSPS) is 7.83. The van der Waals surface area contributed by atoms with Crippen LogP contribution in [0.4, 0.5) is 8.96 Å². The molecule has 0 rings (SSSR count). The molecule has 0 atom stereocenters. The Morgan fingerprint density at radius 1 is 1.67 bits per heavy atom. The molecule has 0 aromatic heterocycles. The molecule has 0 aromatic carbocycles. The van der Waals surface area contributed by atoms with Crippen molar-refractivity contribution in [3.63, 3.8) is 0 Å². The lowest BCUT2D eigenvalue weighted by Crippen LogP contribution is -2.06. The molecular formula is C2H3F2NO. The van der Waals surface area contributed by atoms with Gasteiger partial charge in [0.15, 0.2) is 0 Å². The molecule has 0 bridgehead atoms. The zero-order chi connectivity index (χ0) is 5.15. The Hall–Kier alpha value is -0.670. The minimum Gasteiger partial charge on any atom is -0.270 e. The summed E-state index contributed by atoms with van der Waals surface area (Å²) in [6.07, 6.45) is 0. The van der Waals surface area contributed by atoms with Gasteiger partial charge in [0, 0.05) is 6.92 Å². The fourth-order valence-electron chi connectivity index (χ4n) is 0. The average Bonchev–Trinajstić information content (AvgIpc) is 1.36. The molecule has 0 unspecified atom stereocenters. The summed E-state index contributed by atoms with van der Waals surface area (Å²) in [5.74, 6) is -1.24. The maximum Gasteiger partial charge on any atom is 0.280 e. The second-order valence-electron chi connectivity index (χ2n) is 0.752. The van der Waals surface area contributed by atoms with Gasteiger partial charge in [0.05, 0.1) is 0 Å². The molecule has 0 aliphatic heterocycles. The molecule has 36 valence electrons. The van der Waals surface area contributed by atoms with Gasteiger partial charge in [-0.15, -0.1) is 0 Å². The molecule has 4 heteroatoms. The van der Waals surface area contributed by atoms with Crippen molar-refractivity contribution in [2.24, 2.45) is 0 Å². The molecule has 0 N–H and O–H groups in total. The Morgan fingerprint density at radius 3 is 1.83 bits per heavy atom. The first-order valence-electron chi connectivity index (χ1n) is 1.27. The van der Waals surface area contributed by atoms with Crippen LogP contribution < -0.4 is 0 Å². The maximum absolute atomic E-state index is 10.6. The van der Waals surface area contributed by atoms with E-state index in [-0.39, 0.29) is 0 Å². The first-order chi connectivity index (χ1) is 2.64. The van der Waals surface area contributed by atoms with E-state index in [0.29, 0.717) is 0 Å². The lowest BCUT2D eigenvalue weighted by Gasteiger charge is -1.87. The van der Waals surface area contributed by atoms with Gasteiger partial charge < -0.3 is 0 Å². The molecule has 1 amide bonds. The lowest BCUT2D eigenvalue weighted by atomic mass is 10.8. The van der Waals surface area contributed by atoms with Crippen molar-refractivity contribution in [1.82, 2.24) is 5.34 Å². The standard InChI is InChI=1S/C2H3F2NO/c1-2(6)5(3)4/h1H3. The van der Waals surface area contributed by atoms with Gasteiger partial charge >= 0.3 is 0 Å². The molecule has 0 fully saturated rings. The van der Waals surface area contributed by atoms with Crippen LogP contribution in [0.5, 0.6) is 0 Å². The number of carbonyl (C=O) groups excluding carboxylic acids is 1. The zero-order valence-electron chi connectivity index (χ0n) is 3.11. The fraction of sp³-hybridized carbons (Fsp3) is 0.500. The van der Waals surface area contributed by atoms with Crippen LogP contribution in [-0.2, 0) is 4.79 Å². The van der Waals surface area contributed by atoms with Crippen LogP contribution in [0.25, 0.3) is 0 Å². The number of carbonyl (C=O) groups is 1. The number of hydrogen-bond donors (Lipinski definition) is 0. The van der Waals surface area contributed by atoms with Crippen molar-refractivity contribution in [3.05, 3.63) is 0 Å². The summed E-state index contributed by atoms with van der Waals surface area (Å²) in [6.45, 7) is 0.778. The van der Waals surface area contributed by atoms with Gasteiger partial charge in [-0.05, 0) is 5.34 Å². The SMILES string of the molecule is CC(=O)N(F)F. The topological polar surface area (TPSA) is 20.3 Å². The molecule has 0 saturated heterocycles. The van der Waals surface area contributed by atoms with Gasteiger partial charge in [-0.25, -0.2) is 0 Å². The predicted molar refractivity (Wildman–Crippen MR) is 14.7 cm³/mol. The fourth-order valence-corrected chi connectivity index (χ4v) is 0. The largest absolute Gasteiger partial charge is 0.280 e.